The molecule has 0 saturated heterocycles. The fourth-order valence-corrected chi connectivity index (χ4v) is 4.28. The summed E-state index contributed by atoms with van der Waals surface area (Å²) in [6.45, 7) is 4.59. The van der Waals surface area contributed by atoms with Gasteiger partial charge in [-0.05, 0) is 67.2 Å². The van der Waals surface area contributed by atoms with Gasteiger partial charge in [-0.1, -0.05) is 30.9 Å². The highest BCUT2D eigenvalue weighted by molar-refractivity contribution is 5.92. The Morgan fingerprint density at radius 3 is 2.78 bits per heavy atom. The third-order valence-electron chi connectivity index (χ3n) is 6.02. The number of benzene rings is 1. The van der Waals surface area contributed by atoms with Crippen molar-refractivity contribution in [1.82, 2.24) is 20.2 Å². The number of nitrogens with one attached hydrogen (secondary N) is 1. The number of fused-ring (bicyclic) bond motifs is 1. The monoisotopic (exact) mass is 441 g/mol. The molecule has 1 N–H and O–H groups in total. The van der Waals surface area contributed by atoms with Crippen LogP contribution in [0, 0.1) is 0 Å². The number of unbranched alkanes of at least 4 members (excludes halogenated alkanes) is 1. The van der Waals surface area contributed by atoms with Crippen LogP contribution in [0.2, 0.25) is 0 Å². The first kappa shape index (κ1) is 22.1. The normalized spacial score (nSPS) is 18.7. The Morgan fingerprint density at radius 1 is 1.22 bits per heavy atom. The first-order valence-corrected chi connectivity index (χ1v) is 11.4. The Hall–Kier alpha value is -3.10. The number of allylic oxidation sites excluding steroid dienone is 1. The number of hydrogen-bond donors (Lipinski definition) is 1. The van der Waals surface area contributed by atoms with E-state index in [1.807, 2.05) is 25.1 Å². The maximum Gasteiger partial charge on any atom is 0.338 e. The molecule has 4 rings (SSSR count). The molecular formula is C23H31N5O4. The standard InChI is InChI=1S/C23H31N5O4/c1-4-5-13-31-18-12-11-16(14-19(18)30-3)21-20(15(2)24-23-25-26-27-28(21)23)22(29)32-17-9-7-6-8-10-17/h11-12,14,17,21H,4-10,13H2,1-3H3,(H,24,25,27). The molecule has 1 saturated carbocycles. The van der Waals surface area contributed by atoms with Crippen molar-refractivity contribution in [2.75, 3.05) is 19.0 Å². The summed E-state index contributed by atoms with van der Waals surface area (Å²) in [5, 5.41) is 15.1. The van der Waals surface area contributed by atoms with Gasteiger partial charge in [0.05, 0.1) is 19.3 Å². The number of rotatable bonds is 8. The lowest BCUT2D eigenvalue weighted by atomic mass is 9.94. The van der Waals surface area contributed by atoms with Crippen molar-refractivity contribution in [3.05, 3.63) is 35.0 Å². The minimum absolute atomic E-state index is 0.0450. The summed E-state index contributed by atoms with van der Waals surface area (Å²) in [4.78, 5) is 13.3. The molecule has 0 spiro atoms. The molecule has 172 valence electrons. The SMILES string of the molecule is CCCCOc1ccc(C2C(C(=O)OC3CCCCC3)=C(C)Nc3nnnn32)cc1OC. The Kier molecular flexibility index (Phi) is 6.92. The Labute approximate surface area is 188 Å². The van der Waals surface area contributed by atoms with E-state index in [2.05, 4.69) is 27.8 Å². The predicted octanol–water partition coefficient (Wildman–Crippen LogP) is 4.03. The number of anilines is 1. The van der Waals surface area contributed by atoms with E-state index in [1.54, 1.807) is 11.8 Å². The van der Waals surface area contributed by atoms with Crippen LogP contribution in [-0.4, -0.2) is 46.0 Å². The largest absolute Gasteiger partial charge is 0.493 e. The van der Waals surface area contributed by atoms with Gasteiger partial charge in [0.1, 0.15) is 12.1 Å². The average molecular weight is 442 g/mol. The number of hydrogen-bond acceptors (Lipinski definition) is 8. The molecule has 0 bridgehead atoms. The van der Waals surface area contributed by atoms with Crippen molar-refractivity contribution in [2.45, 2.75) is 70.9 Å². The smallest absolute Gasteiger partial charge is 0.338 e. The first-order valence-electron chi connectivity index (χ1n) is 11.4. The Bertz CT molecular complexity index is 981. The fraction of sp³-hybridized carbons (Fsp3) is 0.565. The van der Waals surface area contributed by atoms with E-state index in [0.29, 0.717) is 35.3 Å². The van der Waals surface area contributed by atoms with E-state index in [1.165, 1.54) is 6.42 Å². The number of carbonyl (C=O) groups excluding carboxylic acids is 1. The van der Waals surface area contributed by atoms with Gasteiger partial charge in [-0.2, -0.15) is 4.68 Å². The van der Waals surface area contributed by atoms with Gasteiger partial charge >= 0.3 is 5.97 Å². The average Bonchev–Trinajstić information content (AvgIpc) is 3.27. The second-order valence-corrected chi connectivity index (χ2v) is 8.29. The predicted molar refractivity (Wildman–Crippen MR) is 119 cm³/mol. The Balaban J connectivity index is 1.67. The number of methoxy groups -OCH3 is 1. The van der Waals surface area contributed by atoms with Crippen LogP contribution in [0.25, 0.3) is 0 Å². The molecule has 9 heteroatoms. The summed E-state index contributed by atoms with van der Waals surface area (Å²) in [6, 6.07) is 5.14. The number of carbonyl (C=O) groups is 1. The van der Waals surface area contributed by atoms with Crippen molar-refractivity contribution in [2.24, 2.45) is 0 Å². The molecule has 1 atom stereocenters. The molecule has 1 aromatic carbocycles. The summed E-state index contributed by atoms with van der Waals surface area (Å²) >= 11 is 0. The van der Waals surface area contributed by atoms with Crippen molar-refractivity contribution < 1.29 is 19.0 Å². The number of nitrogens with zero attached hydrogens (tertiary/aromatic N) is 4. The minimum atomic E-state index is -0.532. The summed E-state index contributed by atoms with van der Waals surface area (Å²) in [6.07, 6.45) is 7.15. The first-order chi connectivity index (χ1) is 15.6. The van der Waals surface area contributed by atoms with Gasteiger partial charge in [0.25, 0.3) is 0 Å². The maximum atomic E-state index is 13.3. The van der Waals surface area contributed by atoms with E-state index >= 15 is 0 Å². The van der Waals surface area contributed by atoms with Crippen molar-refractivity contribution in [1.29, 1.82) is 0 Å². The number of tetrazole rings is 1. The van der Waals surface area contributed by atoms with Crippen LogP contribution < -0.4 is 14.8 Å². The third-order valence-corrected chi connectivity index (χ3v) is 6.02. The number of ether oxygens (including phenoxy) is 3. The van der Waals surface area contributed by atoms with Gasteiger partial charge in [-0.3, -0.25) is 0 Å². The van der Waals surface area contributed by atoms with Gasteiger partial charge < -0.3 is 19.5 Å². The molecule has 1 aliphatic heterocycles. The molecule has 0 radical (unpaired) electrons. The molecule has 1 aromatic heterocycles. The maximum absolute atomic E-state index is 13.3. The summed E-state index contributed by atoms with van der Waals surface area (Å²) in [7, 11) is 1.61. The van der Waals surface area contributed by atoms with Crippen molar-refractivity contribution >= 4 is 11.9 Å². The lowest BCUT2D eigenvalue weighted by molar-refractivity contribution is -0.146. The van der Waals surface area contributed by atoms with Gasteiger partial charge in [0.2, 0.25) is 5.95 Å². The zero-order chi connectivity index (χ0) is 22.5. The quantitative estimate of drug-likeness (QED) is 0.484. The van der Waals surface area contributed by atoms with E-state index in [0.717, 1.165) is 44.1 Å². The zero-order valence-corrected chi connectivity index (χ0v) is 19.0. The number of aromatic nitrogens is 4. The van der Waals surface area contributed by atoms with Crippen molar-refractivity contribution in [3.63, 3.8) is 0 Å². The van der Waals surface area contributed by atoms with E-state index in [9.17, 15) is 4.79 Å². The van der Waals surface area contributed by atoms with Crippen LogP contribution in [0.1, 0.15) is 70.4 Å². The zero-order valence-electron chi connectivity index (χ0n) is 19.0. The van der Waals surface area contributed by atoms with E-state index < -0.39 is 6.04 Å². The van der Waals surface area contributed by atoms with Crippen LogP contribution in [-0.2, 0) is 9.53 Å². The molecular weight excluding hydrogens is 410 g/mol. The van der Waals surface area contributed by atoms with Crippen LogP contribution in [0.5, 0.6) is 11.5 Å². The molecule has 0 amide bonds. The van der Waals surface area contributed by atoms with Gasteiger partial charge in [0.15, 0.2) is 11.5 Å². The summed E-state index contributed by atoms with van der Waals surface area (Å²) in [5.74, 6) is 1.41. The van der Waals surface area contributed by atoms with E-state index in [-0.39, 0.29) is 12.1 Å². The second-order valence-electron chi connectivity index (χ2n) is 8.29. The molecule has 32 heavy (non-hydrogen) atoms. The molecule has 1 fully saturated rings. The van der Waals surface area contributed by atoms with Gasteiger partial charge in [-0.15, -0.1) is 0 Å². The third kappa shape index (κ3) is 4.56. The molecule has 2 aliphatic rings. The van der Waals surface area contributed by atoms with Crippen LogP contribution in [0.15, 0.2) is 29.5 Å². The van der Waals surface area contributed by atoms with Crippen LogP contribution in [0.4, 0.5) is 5.95 Å². The minimum Gasteiger partial charge on any atom is -0.493 e. The lowest BCUT2D eigenvalue weighted by Crippen LogP contribution is -2.32. The van der Waals surface area contributed by atoms with Gasteiger partial charge in [-0.25, -0.2) is 4.79 Å². The number of esters is 1. The molecule has 1 aliphatic carbocycles. The topological polar surface area (TPSA) is 100 Å². The Morgan fingerprint density at radius 2 is 2.03 bits per heavy atom. The van der Waals surface area contributed by atoms with Crippen LogP contribution in [0.3, 0.4) is 0 Å². The summed E-state index contributed by atoms with van der Waals surface area (Å²) in [5.41, 5.74) is 1.99. The molecule has 1 unspecified atom stereocenters. The molecule has 2 heterocycles. The highest BCUT2D eigenvalue weighted by Crippen LogP contribution is 2.39. The van der Waals surface area contributed by atoms with Gasteiger partial charge in [0, 0.05) is 5.70 Å². The van der Waals surface area contributed by atoms with E-state index in [4.69, 9.17) is 14.2 Å². The fourth-order valence-electron chi connectivity index (χ4n) is 4.28. The van der Waals surface area contributed by atoms with Crippen molar-refractivity contribution in [3.8, 4) is 11.5 Å². The lowest BCUT2D eigenvalue weighted by Gasteiger charge is -2.29. The second kappa shape index (κ2) is 10.0. The molecule has 9 nitrogen and oxygen atoms in total. The van der Waals surface area contributed by atoms with Crippen LogP contribution >= 0.6 is 0 Å². The highest BCUT2D eigenvalue weighted by atomic mass is 16.5. The summed E-state index contributed by atoms with van der Waals surface area (Å²) < 4.78 is 19.0. The molecule has 2 aromatic rings. The highest BCUT2D eigenvalue weighted by Gasteiger charge is 2.36.